The van der Waals surface area contributed by atoms with E-state index in [1.54, 1.807) is 72.7 Å². The van der Waals surface area contributed by atoms with E-state index in [2.05, 4.69) is 15.5 Å². The summed E-state index contributed by atoms with van der Waals surface area (Å²) >= 11 is 7.19. The Morgan fingerprint density at radius 1 is 1.02 bits per heavy atom. The van der Waals surface area contributed by atoms with Gasteiger partial charge in [-0.15, -0.1) is 22.9 Å². The van der Waals surface area contributed by atoms with Crippen LogP contribution in [0.2, 0.25) is 0 Å². The SMILES string of the molecule is COc1ccc(COC(=O)C2=C(CCl)[C@H](C)[S@](=O)[C@@H]3[C@H](CC(=O)/C(=N\OC(C)(C)C(=O)OC(C)(C)C)c4csc(NC(=O)OC(C)(C)C)n4)C(=O)N23)cc1. The number of hydrogen-bond acceptors (Lipinski definition) is 14. The van der Waals surface area contributed by atoms with Crippen LogP contribution < -0.4 is 10.1 Å². The van der Waals surface area contributed by atoms with E-state index in [0.29, 0.717) is 11.3 Å². The summed E-state index contributed by atoms with van der Waals surface area (Å²) in [5, 5.41) is 6.21. The van der Waals surface area contributed by atoms with Crippen molar-refractivity contribution in [1.82, 2.24) is 9.88 Å². The molecule has 1 N–H and O–H groups in total. The Labute approximate surface area is 325 Å². The van der Waals surface area contributed by atoms with E-state index in [1.165, 1.54) is 26.3 Å². The number of esters is 2. The standard InChI is InChI=1S/C36H45ClN4O11S2/c1-19-23(16-37)27(30(44)49-17-20-11-13-21(48-10)14-12-20)41-28(43)22(29(41)54(19)47)15-25(42)26(40-52-36(8,9)31(45)50-34(2,3)4)24-18-53-32(38-24)39-33(46)51-35(5,6)7/h11-14,18-19,22,29H,15-17H2,1-10H3,(H,38,39,46)/b40-26-/t19-,22+,29+,54-/m0/s1. The summed E-state index contributed by atoms with van der Waals surface area (Å²) in [4.78, 5) is 77.6. The first-order chi connectivity index (χ1) is 25.1. The molecule has 294 valence electrons. The second-order valence-corrected chi connectivity index (χ2v) is 17.9. The van der Waals surface area contributed by atoms with Gasteiger partial charge in [0.1, 0.15) is 40.3 Å². The van der Waals surface area contributed by atoms with Crippen molar-refractivity contribution in [2.24, 2.45) is 11.1 Å². The number of nitrogens with one attached hydrogen (secondary N) is 1. The van der Waals surface area contributed by atoms with Gasteiger partial charge in [-0.05, 0) is 85.6 Å². The van der Waals surface area contributed by atoms with Crippen LogP contribution in [-0.4, -0.2) is 89.9 Å². The largest absolute Gasteiger partial charge is 0.497 e. The molecule has 0 unspecified atom stereocenters. The average molecular weight is 809 g/mol. The third-order valence-corrected chi connectivity index (χ3v) is 11.0. The fourth-order valence-corrected chi connectivity index (χ4v) is 8.20. The van der Waals surface area contributed by atoms with Gasteiger partial charge in [0.05, 0.1) is 29.1 Å². The summed E-state index contributed by atoms with van der Waals surface area (Å²) in [6, 6.07) is 6.86. The van der Waals surface area contributed by atoms with Crippen LogP contribution >= 0.6 is 22.9 Å². The number of halogens is 1. The number of amides is 2. The van der Waals surface area contributed by atoms with E-state index in [9.17, 15) is 28.2 Å². The molecule has 4 rings (SSSR count). The predicted octanol–water partition coefficient (Wildman–Crippen LogP) is 5.47. The number of carbonyl (C=O) groups is 5. The topological polar surface area (TPSA) is 189 Å². The minimum absolute atomic E-state index is 0.0371. The number of carbonyl (C=O) groups excluding carboxylic acids is 5. The van der Waals surface area contributed by atoms with Crippen LogP contribution in [0.4, 0.5) is 9.93 Å². The number of methoxy groups -OCH3 is 1. The van der Waals surface area contributed by atoms with E-state index in [4.69, 9.17) is 35.4 Å². The number of β-lactam (4-membered cyclic amide) rings is 1. The molecule has 1 aromatic heterocycles. The van der Waals surface area contributed by atoms with Gasteiger partial charge in [-0.25, -0.2) is 19.4 Å². The van der Waals surface area contributed by atoms with Crippen molar-refractivity contribution in [1.29, 1.82) is 0 Å². The number of oxime groups is 1. The number of thiazole rings is 1. The molecule has 2 aliphatic rings. The zero-order valence-electron chi connectivity index (χ0n) is 31.8. The molecule has 18 heteroatoms. The van der Waals surface area contributed by atoms with Crippen LogP contribution in [0.15, 0.2) is 46.1 Å². The number of Topliss-reactive ketones (excluding diaryl/α,β-unsaturated/α-hetero) is 1. The highest BCUT2D eigenvalue weighted by molar-refractivity contribution is 7.86. The van der Waals surface area contributed by atoms with E-state index in [-0.39, 0.29) is 40.3 Å². The van der Waals surface area contributed by atoms with Crippen LogP contribution in [0.1, 0.15) is 80.0 Å². The van der Waals surface area contributed by atoms with Crippen molar-refractivity contribution in [3.63, 3.8) is 0 Å². The maximum absolute atomic E-state index is 14.1. The minimum atomic E-state index is -1.77. The van der Waals surface area contributed by atoms with Gasteiger partial charge in [-0.3, -0.25) is 24.0 Å². The molecule has 0 aliphatic carbocycles. The molecule has 1 fully saturated rings. The Hall–Kier alpha value is -4.35. The number of ether oxygens (including phenoxy) is 4. The molecule has 1 aromatic carbocycles. The van der Waals surface area contributed by atoms with Gasteiger partial charge in [0.15, 0.2) is 16.6 Å². The Balaban J connectivity index is 1.60. The van der Waals surface area contributed by atoms with Gasteiger partial charge >= 0.3 is 18.0 Å². The van der Waals surface area contributed by atoms with Crippen molar-refractivity contribution >= 4 is 74.3 Å². The zero-order valence-corrected chi connectivity index (χ0v) is 34.2. The number of benzene rings is 1. The van der Waals surface area contributed by atoms with Gasteiger partial charge < -0.3 is 23.8 Å². The molecule has 0 bridgehead atoms. The summed E-state index contributed by atoms with van der Waals surface area (Å²) < 4.78 is 35.2. The van der Waals surface area contributed by atoms with E-state index in [1.807, 2.05) is 0 Å². The van der Waals surface area contributed by atoms with Crippen LogP contribution in [0.3, 0.4) is 0 Å². The lowest BCUT2D eigenvalue weighted by Crippen LogP contribution is -2.67. The number of nitrogens with zero attached hydrogens (tertiary/aromatic N) is 3. The number of fused-ring (bicyclic) bond motifs is 1. The molecule has 0 saturated carbocycles. The number of anilines is 1. The Morgan fingerprint density at radius 2 is 1.65 bits per heavy atom. The first-order valence-corrected chi connectivity index (χ1v) is 19.6. The fourth-order valence-electron chi connectivity index (χ4n) is 5.22. The molecule has 0 spiro atoms. The highest BCUT2D eigenvalue weighted by Gasteiger charge is 2.59. The normalized spacial score (nSPS) is 20.4. The minimum Gasteiger partial charge on any atom is -0.497 e. The molecule has 4 atom stereocenters. The summed E-state index contributed by atoms with van der Waals surface area (Å²) in [5.74, 6) is -3.69. The first-order valence-electron chi connectivity index (χ1n) is 16.9. The molecular weight excluding hydrogens is 764 g/mol. The third kappa shape index (κ3) is 10.0. The van der Waals surface area contributed by atoms with Crippen LogP contribution in [0.5, 0.6) is 5.75 Å². The van der Waals surface area contributed by atoms with Crippen LogP contribution in [-0.2, 0) is 55.6 Å². The predicted molar refractivity (Wildman–Crippen MR) is 201 cm³/mol. The molecule has 1 saturated heterocycles. The monoisotopic (exact) mass is 808 g/mol. The van der Waals surface area contributed by atoms with Crippen molar-refractivity contribution < 1.29 is 52.0 Å². The lowest BCUT2D eigenvalue weighted by Gasteiger charge is -2.50. The Bertz CT molecular complexity index is 1880. The third-order valence-electron chi connectivity index (χ3n) is 7.92. The van der Waals surface area contributed by atoms with Gasteiger partial charge in [0.25, 0.3) is 0 Å². The van der Waals surface area contributed by atoms with Gasteiger partial charge in [0, 0.05) is 17.7 Å². The number of rotatable bonds is 13. The molecule has 2 amide bonds. The molecule has 3 heterocycles. The Kier molecular flexibility index (Phi) is 13.0. The zero-order chi connectivity index (χ0) is 40.3. The van der Waals surface area contributed by atoms with Crippen LogP contribution in [0, 0.1) is 5.92 Å². The molecule has 15 nitrogen and oxygen atoms in total. The second-order valence-electron chi connectivity index (χ2n) is 14.9. The van der Waals surface area contributed by atoms with Crippen LogP contribution in [0.25, 0.3) is 0 Å². The molecular formula is C36H45ClN4O11S2. The van der Waals surface area contributed by atoms with E-state index >= 15 is 0 Å². The lowest BCUT2D eigenvalue weighted by atomic mass is 9.89. The van der Waals surface area contributed by atoms with Gasteiger partial charge in [-0.2, -0.15) is 0 Å². The molecule has 54 heavy (non-hydrogen) atoms. The number of hydrogen-bond donors (Lipinski definition) is 1. The highest BCUT2D eigenvalue weighted by Crippen LogP contribution is 2.43. The first kappa shape index (κ1) is 42.4. The van der Waals surface area contributed by atoms with Gasteiger partial charge in [-0.1, -0.05) is 17.3 Å². The molecule has 2 aliphatic heterocycles. The Morgan fingerprint density at radius 3 is 2.22 bits per heavy atom. The highest BCUT2D eigenvalue weighted by atomic mass is 35.5. The summed E-state index contributed by atoms with van der Waals surface area (Å²) in [6.45, 7) is 14.4. The van der Waals surface area contributed by atoms with Crippen molar-refractivity contribution in [2.45, 2.75) is 103 Å². The molecule has 0 radical (unpaired) electrons. The molecule has 2 aromatic rings. The summed E-state index contributed by atoms with van der Waals surface area (Å²) in [5.41, 5.74) is -2.90. The fraction of sp³-hybridized carbons (Fsp3) is 0.528. The quantitative estimate of drug-likeness (QED) is 0.0672. The van der Waals surface area contributed by atoms with Crippen molar-refractivity contribution in [3.8, 4) is 5.75 Å². The lowest BCUT2D eigenvalue weighted by molar-refractivity contribution is -0.179. The average Bonchev–Trinajstić information content (AvgIpc) is 3.53. The maximum atomic E-state index is 14.1. The number of alkyl halides is 1. The van der Waals surface area contributed by atoms with Crippen molar-refractivity contribution in [3.05, 3.63) is 52.2 Å². The van der Waals surface area contributed by atoms with Gasteiger partial charge in [0.2, 0.25) is 11.5 Å². The summed E-state index contributed by atoms with van der Waals surface area (Å²) in [6.07, 6.45) is -1.29. The maximum Gasteiger partial charge on any atom is 0.413 e. The second kappa shape index (κ2) is 16.6. The van der Waals surface area contributed by atoms with Crippen molar-refractivity contribution in [2.75, 3.05) is 18.3 Å². The summed E-state index contributed by atoms with van der Waals surface area (Å²) in [7, 11) is -0.244. The van der Waals surface area contributed by atoms with E-state index < -0.39 is 80.3 Å². The smallest absolute Gasteiger partial charge is 0.413 e. The van der Waals surface area contributed by atoms with E-state index in [0.717, 1.165) is 16.2 Å². The number of aromatic nitrogens is 1. The number of ketones is 1.